The van der Waals surface area contributed by atoms with Crippen molar-refractivity contribution in [2.24, 2.45) is 0 Å². The van der Waals surface area contributed by atoms with Crippen LogP contribution in [0.3, 0.4) is 0 Å². The molecule has 0 radical (unpaired) electrons. The molecule has 2 nitrogen and oxygen atoms in total. The van der Waals surface area contributed by atoms with Gasteiger partial charge in [0.25, 0.3) is 0 Å². The lowest BCUT2D eigenvalue weighted by Gasteiger charge is -2.13. The zero-order valence-corrected chi connectivity index (χ0v) is 10.0. The monoisotopic (exact) mass is 225 g/mol. The minimum atomic E-state index is -0.176. The summed E-state index contributed by atoms with van der Waals surface area (Å²) in [5.74, 6) is -0.176. The number of hydrogen-bond donors (Lipinski definition) is 1. The maximum absolute atomic E-state index is 12.7. The Hall–Kier alpha value is -0.930. The fourth-order valence-electron chi connectivity index (χ4n) is 1.61. The summed E-state index contributed by atoms with van der Waals surface area (Å²) in [5.41, 5.74) is 1.16. The van der Waals surface area contributed by atoms with Gasteiger partial charge in [-0.05, 0) is 44.0 Å². The number of halogens is 1. The minimum Gasteiger partial charge on any atom is -0.385 e. The first-order chi connectivity index (χ1) is 7.72. The highest BCUT2D eigenvalue weighted by Gasteiger charge is 2.02. The summed E-state index contributed by atoms with van der Waals surface area (Å²) < 4.78 is 17.7. The molecular weight excluding hydrogens is 205 g/mol. The highest BCUT2D eigenvalue weighted by atomic mass is 19.1. The van der Waals surface area contributed by atoms with Crippen LogP contribution < -0.4 is 5.32 Å². The van der Waals surface area contributed by atoms with Crippen molar-refractivity contribution in [3.63, 3.8) is 0 Å². The summed E-state index contributed by atoms with van der Waals surface area (Å²) in [5, 5.41) is 3.41. The van der Waals surface area contributed by atoms with Crippen LogP contribution in [0.5, 0.6) is 0 Å². The number of hydrogen-bond acceptors (Lipinski definition) is 2. The summed E-state index contributed by atoms with van der Waals surface area (Å²) in [6, 6.07) is 7.09. The Morgan fingerprint density at radius 1 is 1.31 bits per heavy atom. The van der Waals surface area contributed by atoms with Crippen molar-refractivity contribution in [1.29, 1.82) is 0 Å². The van der Waals surface area contributed by atoms with Gasteiger partial charge >= 0.3 is 0 Å². The van der Waals surface area contributed by atoms with Crippen LogP contribution in [-0.2, 0) is 11.2 Å². The summed E-state index contributed by atoms with van der Waals surface area (Å²) in [7, 11) is 1.71. The molecule has 0 aliphatic heterocycles. The molecule has 0 saturated carbocycles. The van der Waals surface area contributed by atoms with Crippen molar-refractivity contribution in [2.45, 2.75) is 25.8 Å². The van der Waals surface area contributed by atoms with Crippen LogP contribution >= 0.6 is 0 Å². The van der Waals surface area contributed by atoms with Crippen LogP contribution in [0, 0.1) is 5.82 Å². The number of nitrogens with one attached hydrogen (secondary N) is 1. The van der Waals surface area contributed by atoms with E-state index in [1.54, 1.807) is 7.11 Å². The molecule has 0 fully saturated rings. The van der Waals surface area contributed by atoms with Gasteiger partial charge in [0.15, 0.2) is 0 Å². The van der Waals surface area contributed by atoms with E-state index in [9.17, 15) is 4.39 Å². The van der Waals surface area contributed by atoms with Gasteiger partial charge in [-0.1, -0.05) is 12.1 Å². The standard InChI is InChI=1S/C13H20FNO/c1-11(15-8-3-9-16-2)10-12-4-6-13(14)7-5-12/h4-7,11,15H,3,8-10H2,1-2H3/t11-/m1/s1. The number of ether oxygens (including phenoxy) is 1. The molecule has 16 heavy (non-hydrogen) atoms. The molecule has 1 atom stereocenters. The van der Waals surface area contributed by atoms with E-state index in [1.165, 1.54) is 12.1 Å². The molecule has 0 saturated heterocycles. The van der Waals surface area contributed by atoms with Crippen LogP contribution in [0.1, 0.15) is 18.9 Å². The molecule has 0 unspecified atom stereocenters. The molecule has 0 heterocycles. The molecule has 0 bridgehead atoms. The number of methoxy groups -OCH3 is 1. The van der Waals surface area contributed by atoms with Gasteiger partial charge in [-0.15, -0.1) is 0 Å². The first kappa shape index (κ1) is 13.1. The molecule has 1 aromatic rings. The second-order valence-corrected chi connectivity index (χ2v) is 4.03. The van der Waals surface area contributed by atoms with Crippen LogP contribution in [0.25, 0.3) is 0 Å². The first-order valence-electron chi connectivity index (χ1n) is 5.69. The Bertz CT molecular complexity index is 286. The lowest BCUT2D eigenvalue weighted by molar-refractivity contribution is 0.193. The predicted molar refractivity (Wildman–Crippen MR) is 64.1 cm³/mol. The molecule has 1 N–H and O–H groups in total. The van der Waals surface area contributed by atoms with Crippen molar-refractivity contribution in [3.05, 3.63) is 35.6 Å². The molecule has 90 valence electrons. The van der Waals surface area contributed by atoms with E-state index in [0.717, 1.165) is 31.6 Å². The number of benzene rings is 1. The average Bonchev–Trinajstić information content (AvgIpc) is 2.28. The lowest BCUT2D eigenvalue weighted by Crippen LogP contribution is -2.29. The fraction of sp³-hybridized carbons (Fsp3) is 0.538. The van der Waals surface area contributed by atoms with E-state index >= 15 is 0 Å². The van der Waals surface area contributed by atoms with Crippen LogP contribution in [0.4, 0.5) is 4.39 Å². The molecule has 3 heteroatoms. The molecule has 1 aromatic carbocycles. The van der Waals surface area contributed by atoms with E-state index in [4.69, 9.17) is 4.74 Å². The van der Waals surface area contributed by atoms with Gasteiger partial charge in [-0.3, -0.25) is 0 Å². The quantitative estimate of drug-likeness (QED) is 0.719. The van der Waals surface area contributed by atoms with E-state index in [1.807, 2.05) is 12.1 Å². The van der Waals surface area contributed by atoms with E-state index < -0.39 is 0 Å². The van der Waals surface area contributed by atoms with Crippen molar-refractivity contribution in [2.75, 3.05) is 20.3 Å². The molecule has 0 amide bonds. The van der Waals surface area contributed by atoms with Crippen LogP contribution in [-0.4, -0.2) is 26.3 Å². The highest BCUT2D eigenvalue weighted by molar-refractivity contribution is 5.16. The zero-order valence-electron chi connectivity index (χ0n) is 10.0. The van der Waals surface area contributed by atoms with Gasteiger partial charge in [-0.2, -0.15) is 0 Å². The van der Waals surface area contributed by atoms with Gasteiger partial charge in [-0.25, -0.2) is 4.39 Å². The first-order valence-corrected chi connectivity index (χ1v) is 5.69. The Morgan fingerprint density at radius 2 is 2.00 bits per heavy atom. The third-order valence-electron chi connectivity index (χ3n) is 2.47. The molecule has 0 spiro atoms. The molecule has 0 aliphatic carbocycles. The summed E-state index contributed by atoms with van der Waals surface area (Å²) in [4.78, 5) is 0. The zero-order chi connectivity index (χ0) is 11.8. The summed E-state index contributed by atoms with van der Waals surface area (Å²) in [6.07, 6.45) is 1.94. The van der Waals surface area contributed by atoms with Crippen molar-refractivity contribution >= 4 is 0 Å². The molecule has 1 rings (SSSR count). The lowest BCUT2D eigenvalue weighted by atomic mass is 10.1. The maximum atomic E-state index is 12.7. The predicted octanol–water partition coefficient (Wildman–Crippen LogP) is 2.38. The van der Waals surface area contributed by atoms with Crippen molar-refractivity contribution < 1.29 is 9.13 Å². The summed E-state index contributed by atoms with van der Waals surface area (Å²) >= 11 is 0. The Labute approximate surface area is 96.8 Å². The van der Waals surface area contributed by atoms with Gasteiger partial charge in [0.1, 0.15) is 5.82 Å². The smallest absolute Gasteiger partial charge is 0.123 e. The fourth-order valence-corrected chi connectivity index (χ4v) is 1.61. The SMILES string of the molecule is COCCCN[C@H](C)Cc1ccc(F)cc1. The topological polar surface area (TPSA) is 21.3 Å². The second-order valence-electron chi connectivity index (χ2n) is 4.03. The largest absolute Gasteiger partial charge is 0.385 e. The van der Waals surface area contributed by atoms with Crippen molar-refractivity contribution in [1.82, 2.24) is 5.32 Å². The minimum absolute atomic E-state index is 0.176. The summed E-state index contributed by atoms with van der Waals surface area (Å²) in [6.45, 7) is 3.88. The van der Waals surface area contributed by atoms with Crippen LogP contribution in [0.15, 0.2) is 24.3 Å². The van der Waals surface area contributed by atoms with E-state index in [2.05, 4.69) is 12.2 Å². The Balaban J connectivity index is 2.23. The molecule has 0 aliphatic rings. The molecule has 0 aromatic heterocycles. The highest BCUT2D eigenvalue weighted by Crippen LogP contribution is 2.05. The van der Waals surface area contributed by atoms with Crippen LogP contribution in [0.2, 0.25) is 0 Å². The maximum Gasteiger partial charge on any atom is 0.123 e. The van der Waals surface area contributed by atoms with Gasteiger partial charge in [0.2, 0.25) is 0 Å². The Morgan fingerprint density at radius 3 is 2.62 bits per heavy atom. The Kier molecular flexibility index (Phi) is 6.04. The van der Waals surface area contributed by atoms with Gasteiger partial charge in [0, 0.05) is 19.8 Å². The average molecular weight is 225 g/mol. The van der Waals surface area contributed by atoms with Gasteiger partial charge < -0.3 is 10.1 Å². The number of rotatable bonds is 7. The van der Waals surface area contributed by atoms with E-state index in [-0.39, 0.29) is 5.82 Å². The normalized spacial score (nSPS) is 12.7. The third-order valence-corrected chi connectivity index (χ3v) is 2.47. The molecular formula is C13H20FNO. The van der Waals surface area contributed by atoms with E-state index in [0.29, 0.717) is 6.04 Å². The van der Waals surface area contributed by atoms with Gasteiger partial charge in [0.05, 0.1) is 0 Å². The second kappa shape index (κ2) is 7.36. The third kappa shape index (κ3) is 5.24. The van der Waals surface area contributed by atoms with Crippen molar-refractivity contribution in [3.8, 4) is 0 Å².